The largest absolute Gasteiger partial charge is 0.453 e. The molecule has 0 amide bonds. The first-order valence-electron chi connectivity index (χ1n) is 7.31. The third-order valence-electron chi connectivity index (χ3n) is 3.20. The third kappa shape index (κ3) is 3.48. The Morgan fingerprint density at radius 3 is 2.12 bits per heavy atom. The molecule has 8 heteroatoms. The Balaban J connectivity index is 2.34. The molecular weight excluding hydrogens is 341 g/mol. The summed E-state index contributed by atoms with van der Waals surface area (Å²) in [6.07, 6.45) is 0.548. The van der Waals surface area contributed by atoms with Crippen LogP contribution >= 0.6 is 7.60 Å². The van der Waals surface area contributed by atoms with E-state index in [1.165, 1.54) is 32.0 Å². The summed E-state index contributed by atoms with van der Waals surface area (Å²) in [5.74, 6) is 0.501. The molecule has 0 atom stereocenters. The molecule has 0 saturated carbocycles. The quantitative estimate of drug-likeness (QED) is 0.487. The minimum atomic E-state index is -4.64. The lowest BCUT2D eigenvalue weighted by molar-refractivity contribution is 0.0360. The lowest BCUT2D eigenvalue weighted by atomic mass is 10.1. The molecule has 24 heavy (non-hydrogen) atoms. The number of halogens is 2. The monoisotopic (exact) mass is 358 g/mol. The van der Waals surface area contributed by atoms with E-state index in [9.17, 15) is 18.1 Å². The zero-order valence-electron chi connectivity index (χ0n) is 13.2. The van der Waals surface area contributed by atoms with Gasteiger partial charge in [0.1, 0.15) is 5.76 Å². The molecule has 1 aromatic heterocycles. The van der Waals surface area contributed by atoms with Crippen LogP contribution in [0.3, 0.4) is 0 Å². The van der Waals surface area contributed by atoms with Gasteiger partial charge in [-0.25, -0.2) is 0 Å². The minimum Gasteiger partial charge on any atom is -0.453 e. The molecule has 0 N–H and O–H groups in total. The third-order valence-corrected chi connectivity index (χ3v) is 5.34. The smallest absolute Gasteiger partial charge is 0.404 e. The van der Waals surface area contributed by atoms with E-state index in [2.05, 4.69) is 0 Å². The number of rotatable bonds is 8. The summed E-state index contributed by atoms with van der Waals surface area (Å²) in [6, 6.07) is 8.06. The number of alkyl halides is 2. The maximum atomic E-state index is 14.6. The molecule has 0 aliphatic rings. The van der Waals surface area contributed by atoms with Crippen LogP contribution in [0.2, 0.25) is 0 Å². The summed E-state index contributed by atoms with van der Waals surface area (Å²) in [7, 11) is -4.64. The number of hydrogen-bond donors (Lipinski definition) is 0. The number of carbonyl (C=O) groups is 1. The average Bonchev–Trinajstić information content (AvgIpc) is 3.04. The van der Waals surface area contributed by atoms with E-state index in [0.717, 1.165) is 12.1 Å². The number of hydrogen-bond acceptors (Lipinski definition) is 5. The van der Waals surface area contributed by atoms with Crippen molar-refractivity contribution in [3.8, 4) is 11.3 Å². The molecule has 5 nitrogen and oxygen atoms in total. The molecule has 0 saturated heterocycles. The van der Waals surface area contributed by atoms with Gasteiger partial charge in [0.15, 0.2) is 12.0 Å². The van der Waals surface area contributed by atoms with Crippen molar-refractivity contribution in [2.24, 2.45) is 0 Å². The summed E-state index contributed by atoms with van der Waals surface area (Å²) >= 11 is 0. The van der Waals surface area contributed by atoms with Crippen molar-refractivity contribution in [1.82, 2.24) is 0 Å². The Labute approximate surface area is 138 Å². The van der Waals surface area contributed by atoms with E-state index in [0.29, 0.717) is 17.6 Å². The fourth-order valence-corrected chi connectivity index (χ4v) is 3.65. The first-order chi connectivity index (χ1) is 11.4. The maximum absolute atomic E-state index is 14.6. The van der Waals surface area contributed by atoms with Crippen molar-refractivity contribution in [2.75, 3.05) is 13.2 Å². The standard InChI is InChI=1S/C16H17F2O5P/c1-3-21-24(20,22-4-2)16(17,18)13-7-5-12(6-8-13)15-10-9-14(11-19)23-15/h5-11H,3-4H2,1-2H3. The van der Waals surface area contributed by atoms with Crippen LogP contribution in [0.4, 0.5) is 8.78 Å². The van der Waals surface area contributed by atoms with Crippen LogP contribution in [0.15, 0.2) is 40.8 Å². The van der Waals surface area contributed by atoms with Gasteiger partial charge in [-0.05, 0) is 26.0 Å². The fourth-order valence-electron chi connectivity index (χ4n) is 2.10. The Kier molecular flexibility index (Phi) is 5.70. The van der Waals surface area contributed by atoms with Crippen LogP contribution in [-0.4, -0.2) is 19.5 Å². The fraction of sp³-hybridized carbons (Fsp3) is 0.312. The van der Waals surface area contributed by atoms with Crippen LogP contribution in [0.1, 0.15) is 30.0 Å². The van der Waals surface area contributed by atoms with Gasteiger partial charge in [-0.2, -0.15) is 8.78 Å². The molecule has 0 aliphatic heterocycles. The summed E-state index contributed by atoms with van der Waals surface area (Å²) in [4.78, 5) is 10.6. The zero-order valence-corrected chi connectivity index (χ0v) is 14.1. The van der Waals surface area contributed by atoms with Crippen molar-refractivity contribution in [3.63, 3.8) is 0 Å². The summed E-state index contributed by atoms with van der Waals surface area (Å²) in [6.45, 7) is 2.61. The highest BCUT2D eigenvalue weighted by Gasteiger charge is 2.54. The molecule has 1 heterocycles. The number of aldehydes is 1. The van der Waals surface area contributed by atoms with E-state index < -0.39 is 18.8 Å². The topological polar surface area (TPSA) is 65.7 Å². The Morgan fingerprint density at radius 1 is 1.08 bits per heavy atom. The average molecular weight is 358 g/mol. The van der Waals surface area contributed by atoms with Gasteiger partial charge in [0, 0.05) is 11.1 Å². The highest BCUT2D eigenvalue weighted by molar-refractivity contribution is 7.54. The van der Waals surface area contributed by atoms with Crippen LogP contribution in [-0.2, 0) is 19.3 Å². The van der Waals surface area contributed by atoms with E-state index in [4.69, 9.17) is 13.5 Å². The summed E-state index contributed by atoms with van der Waals surface area (Å²) < 4.78 is 56.3. The molecule has 0 aliphatic carbocycles. The molecule has 1 aromatic carbocycles. The van der Waals surface area contributed by atoms with Crippen LogP contribution in [0.25, 0.3) is 11.3 Å². The summed E-state index contributed by atoms with van der Waals surface area (Å²) in [5.41, 5.74) is -3.77. The van der Waals surface area contributed by atoms with E-state index in [1.807, 2.05) is 0 Å². The first kappa shape index (κ1) is 18.5. The van der Waals surface area contributed by atoms with Gasteiger partial charge in [-0.1, -0.05) is 24.3 Å². The Hall–Kier alpha value is -1.82. The second-order valence-electron chi connectivity index (χ2n) is 4.77. The number of carbonyl (C=O) groups excluding carboxylic acids is 1. The normalized spacial score (nSPS) is 12.3. The predicted molar refractivity (Wildman–Crippen MR) is 84.3 cm³/mol. The highest BCUT2D eigenvalue weighted by atomic mass is 31.2. The van der Waals surface area contributed by atoms with Gasteiger partial charge in [0.25, 0.3) is 0 Å². The highest BCUT2D eigenvalue weighted by Crippen LogP contribution is 2.66. The second kappa shape index (κ2) is 7.38. The molecule has 0 bridgehead atoms. The van der Waals surface area contributed by atoms with Gasteiger partial charge in [0.05, 0.1) is 13.2 Å². The number of furan rings is 1. The molecule has 0 unspecified atom stereocenters. The van der Waals surface area contributed by atoms with Crippen LogP contribution < -0.4 is 0 Å². The van der Waals surface area contributed by atoms with Gasteiger partial charge in [0.2, 0.25) is 0 Å². The van der Waals surface area contributed by atoms with E-state index in [1.54, 1.807) is 6.07 Å². The second-order valence-corrected chi connectivity index (χ2v) is 6.84. The molecule has 2 rings (SSSR count). The van der Waals surface area contributed by atoms with Crippen molar-refractivity contribution >= 4 is 13.9 Å². The minimum absolute atomic E-state index is 0.136. The zero-order chi connectivity index (χ0) is 17.8. The predicted octanol–water partition coefficient (Wildman–Crippen LogP) is 5.07. The van der Waals surface area contributed by atoms with E-state index >= 15 is 0 Å². The van der Waals surface area contributed by atoms with Crippen molar-refractivity contribution in [1.29, 1.82) is 0 Å². The number of benzene rings is 1. The lowest BCUT2D eigenvalue weighted by Crippen LogP contribution is -2.18. The Bertz CT molecular complexity index is 729. The van der Waals surface area contributed by atoms with Gasteiger partial charge in [-0.15, -0.1) is 0 Å². The van der Waals surface area contributed by atoms with Crippen LogP contribution in [0, 0.1) is 0 Å². The van der Waals surface area contributed by atoms with Gasteiger partial charge in [-0.3, -0.25) is 9.36 Å². The molecule has 0 fully saturated rings. The maximum Gasteiger partial charge on any atom is 0.404 e. The first-order valence-corrected chi connectivity index (χ1v) is 8.85. The van der Waals surface area contributed by atoms with Crippen molar-refractivity contribution < 1.29 is 31.6 Å². The molecule has 2 aromatic rings. The molecule has 0 radical (unpaired) electrons. The Morgan fingerprint density at radius 2 is 1.67 bits per heavy atom. The van der Waals surface area contributed by atoms with Gasteiger partial charge < -0.3 is 13.5 Å². The summed E-state index contributed by atoms with van der Waals surface area (Å²) in [5, 5.41) is 0. The molecule has 130 valence electrons. The lowest BCUT2D eigenvalue weighted by Gasteiger charge is -2.26. The van der Waals surface area contributed by atoms with Gasteiger partial charge >= 0.3 is 13.3 Å². The van der Waals surface area contributed by atoms with E-state index in [-0.39, 0.29) is 19.0 Å². The van der Waals surface area contributed by atoms with Crippen molar-refractivity contribution in [2.45, 2.75) is 19.5 Å². The molecular formula is C16H17F2O5P. The molecule has 0 spiro atoms. The van der Waals surface area contributed by atoms with Crippen LogP contribution in [0.5, 0.6) is 0 Å². The SMILES string of the molecule is CCOP(=O)(OCC)C(F)(F)c1ccc(-c2ccc(C=O)o2)cc1. The van der Waals surface area contributed by atoms with Crippen molar-refractivity contribution in [3.05, 3.63) is 47.7 Å².